The molecule has 0 spiro atoms. The lowest BCUT2D eigenvalue weighted by molar-refractivity contribution is -0.115. The van der Waals surface area contributed by atoms with E-state index in [2.05, 4.69) is 10.3 Å². The molecular weight excluding hydrogens is 352 g/mol. The molecule has 3 aromatic heterocycles. The van der Waals surface area contributed by atoms with Gasteiger partial charge in [0.15, 0.2) is 0 Å². The van der Waals surface area contributed by atoms with E-state index in [0.717, 1.165) is 10.6 Å². The Labute approximate surface area is 144 Å². The number of nitrogens with one attached hydrogen (secondary N) is 1. The largest absolute Gasteiger partial charge is 0.465 e. The van der Waals surface area contributed by atoms with Crippen molar-refractivity contribution in [2.24, 2.45) is 0 Å². The highest BCUT2D eigenvalue weighted by atomic mass is 32.1. The maximum atomic E-state index is 12.1. The Hall–Kier alpha value is -2.03. The molecule has 0 aliphatic carbocycles. The summed E-state index contributed by atoms with van der Waals surface area (Å²) in [6.07, 6.45) is 0.164. The van der Waals surface area contributed by atoms with E-state index in [0.29, 0.717) is 16.3 Å². The lowest BCUT2D eigenvalue weighted by Gasteiger charge is -2.04. The number of carbonyl (C=O) groups is 2. The molecule has 5 nitrogen and oxygen atoms in total. The molecule has 3 rings (SSSR count). The van der Waals surface area contributed by atoms with Gasteiger partial charge in [0.1, 0.15) is 9.88 Å². The van der Waals surface area contributed by atoms with E-state index in [1.165, 1.54) is 29.8 Å². The predicted molar refractivity (Wildman–Crippen MR) is 93.4 cm³/mol. The summed E-state index contributed by atoms with van der Waals surface area (Å²) in [5.74, 6) is -0.667. The molecule has 0 radical (unpaired) electrons. The number of ether oxygens (including phenoxy) is 1. The number of esters is 1. The number of rotatable bonds is 5. The van der Waals surface area contributed by atoms with Crippen LogP contribution in [0.25, 0.3) is 10.6 Å². The molecule has 3 aromatic rings. The minimum atomic E-state index is -0.455. The maximum Gasteiger partial charge on any atom is 0.350 e. The number of hydrogen-bond donors (Lipinski definition) is 1. The summed E-state index contributed by atoms with van der Waals surface area (Å²) >= 11 is 4.36. The zero-order chi connectivity index (χ0) is 16.2. The van der Waals surface area contributed by atoms with Gasteiger partial charge in [-0.1, -0.05) is 0 Å². The third-order valence-corrected chi connectivity index (χ3v) is 5.49. The minimum absolute atomic E-state index is 0.164. The number of carbonyl (C=O) groups excluding carboxylic acids is 2. The quantitative estimate of drug-likeness (QED) is 0.697. The molecule has 0 atom stereocenters. The standard InChI is InChI=1S/C15H12N2O3S3/c1-20-15(19)13-11(3-5-22-13)17-12(18)6-10-8-23-14(16-10)9-2-4-21-7-9/h2-5,7-8H,6H2,1H3,(H,17,18). The molecule has 0 fully saturated rings. The van der Waals surface area contributed by atoms with E-state index in [-0.39, 0.29) is 12.3 Å². The molecule has 3 heterocycles. The number of thiophene rings is 2. The molecular formula is C15H12N2O3S3. The monoisotopic (exact) mass is 364 g/mol. The lowest BCUT2D eigenvalue weighted by Crippen LogP contribution is -2.16. The van der Waals surface area contributed by atoms with Gasteiger partial charge >= 0.3 is 5.97 Å². The van der Waals surface area contributed by atoms with Gasteiger partial charge in [-0.3, -0.25) is 4.79 Å². The maximum absolute atomic E-state index is 12.1. The van der Waals surface area contributed by atoms with Crippen molar-refractivity contribution in [2.75, 3.05) is 12.4 Å². The van der Waals surface area contributed by atoms with Gasteiger partial charge in [0.05, 0.1) is 24.9 Å². The van der Waals surface area contributed by atoms with Crippen molar-refractivity contribution in [3.63, 3.8) is 0 Å². The average molecular weight is 364 g/mol. The van der Waals surface area contributed by atoms with Crippen LogP contribution in [0.1, 0.15) is 15.4 Å². The van der Waals surface area contributed by atoms with Gasteiger partial charge in [-0.2, -0.15) is 11.3 Å². The summed E-state index contributed by atoms with van der Waals surface area (Å²) < 4.78 is 4.69. The Morgan fingerprint density at radius 2 is 2.09 bits per heavy atom. The Morgan fingerprint density at radius 3 is 2.83 bits per heavy atom. The first-order chi connectivity index (χ1) is 11.2. The van der Waals surface area contributed by atoms with Crippen LogP contribution in [0.5, 0.6) is 0 Å². The molecule has 0 unspecified atom stereocenters. The summed E-state index contributed by atoms with van der Waals surface area (Å²) in [7, 11) is 1.31. The van der Waals surface area contributed by atoms with Crippen LogP contribution in [-0.2, 0) is 16.0 Å². The second-order valence-corrected chi connectivity index (χ2v) is 7.09. The van der Waals surface area contributed by atoms with Crippen LogP contribution in [0.15, 0.2) is 33.7 Å². The van der Waals surface area contributed by atoms with E-state index < -0.39 is 5.97 Å². The first-order valence-electron chi connectivity index (χ1n) is 6.60. The van der Waals surface area contributed by atoms with Crippen LogP contribution < -0.4 is 5.32 Å². The highest BCUT2D eigenvalue weighted by Gasteiger charge is 2.16. The molecule has 23 heavy (non-hydrogen) atoms. The van der Waals surface area contributed by atoms with Crippen molar-refractivity contribution in [3.8, 4) is 10.6 Å². The van der Waals surface area contributed by atoms with Crippen molar-refractivity contribution >= 4 is 51.6 Å². The molecule has 0 aliphatic heterocycles. The predicted octanol–water partition coefficient (Wildman–Crippen LogP) is 3.90. The third kappa shape index (κ3) is 3.66. The highest BCUT2D eigenvalue weighted by molar-refractivity contribution is 7.14. The molecule has 1 N–H and O–H groups in total. The van der Waals surface area contributed by atoms with Gasteiger partial charge in [-0.25, -0.2) is 9.78 Å². The molecule has 8 heteroatoms. The summed E-state index contributed by atoms with van der Waals surface area (Å²) in [6.45, 7) is 0. The number of nitrogens with zero attached hydrogens (tertiary/aromatic N) is 1. The fraction of sp³-hybridized carbons (Fsp3) is 0.133. The van der Waals surface area contributed by atoms with Crippen LogP contribution in [0, 0.1) is 0 Å². The van der Waals surface area contributed by atoms with Gasteiger partial charge in [0, 0.05) is 16.3 Å². The lowest BCUT2D eigenvalue weighted by atomic mass is 10.3. The Kier molecular flexibility index (Phi) is 4.85. The van der Waals surface area contributed by atoms with Crippen molar-refractivity contribution in [2.45, 2.75) is 6.42 Å². The first-order valence-corrected chi connectivity index (χ1v) is 9.30. The normalized spacial score (nSPS) is 10.5. The van der Waals surface area contributed by atoms with Crippen molar-refractivity contribution < 1.29 is 14.3 Å². The summed E-state index contributed by atoms with van der Waals surface area (Å²) in [5, 5.41) is 11.3. The second kappa shape index (κ2) is 7.03. The molecule has 0 aliphatic rings. The Balaban J connectivity index is 1.66. The molecule has 118 valence electrons. The van der Waals surface area contributed by atoms with Gasteiger partial charge in [-0.15, -0.1) is 22.7 Å². The average Bonchev–Trinajstić information content (AvgIpc) is 3.27. The minimum Gasteiger partial charge on any atom is -0.465 e. The smallest absolute Gasteiger partial charge is 0.350 e. The van der Waals surface area contributed by atoms with E-state index in [9.17, 15) is 9.59 Å². The van der Waals surface area contributed by atoms with Gasteiger partial charge in [-0.05, 0) is 22.9 Å². The topological polar surface area (TPSA) is 68.3 Å². The number of aromatic nitrogens is 1. The van der Waals surface area contributed by atoms with Gasteiger partial charge in [0.25, 0.3) is 0 Å². The molecule has 0 bridgehead atoms. The molecule has 1 amide bonds. The van der Waals surface area contributed by atoms with Crippen molar-refractivity contribution in [3.05, 3.63) is 44.2 Å². The second-order valence-electron chi connectivity index (χ2n) is 4.54. The summed E-state index contributed by atoms with van der Waals surface area (Å²) in [4.78, 5) is 28.6. The number of thiazole rings is 1. The van der Waals surface area contributed by atoms with Crippen molar-refractivity contribution in [1.29, 1.82) is 0 Å². The zero-order valence-electron chi connectivity index (χ0n) is 12.1. The zero-order valence-corrected chi connectivity index (χ0v) is 14.5. The highest BCUT2D eigenvalue weighted by Crippen LogP contribution is 2.26. The number of anilines is 1. The molecule has 0 aromatic carbocycles. The van der Waals surface area contributed by atoms with Crippen LogP contribution in [0.2, 0.25) is 0 Å². The van der Waals surface area contributed by atoms with E-state index in [1.54, 1.807) is 22.8 Å². The fourth-order valence-corrected chi connectivity index (χ4v) is 4.22. The summed E-state index contributed by atoms with van der Waals surface area (Å²) in [5.41, 5.74) is 2.25. The van der Waals surface area contributed by atoms with E-state index >= 15 is 0 Å². The van der Waals surface area contributed by atoms with Crippen LogP contribution in [0.4, 0.5) is 5.69 Å². The number of amides is 1. The SMILES string of the molecule is COC(=O)c1sccc1NC(=O)Cc1csc(-c2ccsc2)n1. The van der Waals surface area contributed by atoms with Crippen LogP contribution >= 0.6 is 34.0 Å². The molecule has 0 saturated heterocycles. The van der Waals surface area contributed by atoms with E-state index in [1.807, 2.05) is 22.2 Å². The third-order valence-electron chi connectivity index (χ3n) is 2.97. The van der Waals surface area contributed by atoms with Crippen molar-refractivity contribution in [1.82, 2.24) is 4.98 Å². The van der Waals surface area contributed by atoms with E-state index in [4.69, 9.17) is 4.74 Å². The number of methoxy groups -OCH3 is 1. The number of hydrogen-bond acceptors (Lipinski definition) is 7. The van der Waals surface area contributed by atoms with Gasteiger partial charge < -0.3 is 10.1 Å². The Bertz CT molecular complexity index is 821. The van der Waals surface area contributed by atoms with Crippen LogP contribution in [0.3, 0.4) is 0 Å². The molecule has 0 saturated carbocycles. The summed E-state index contributed by atoms with van der Waals surface area (Å²) in [6, 6.07) is 3.69. The van der Waals surface area contributed by atoms with Crippen LogP contribution in [-0.4, -0.2) is 24.0 Å². The Morgan fingerprint density at radius 1 is 1.22 bits per heavy atom. The fourth-order valence-electron chi connectivity index (χ4n) is 1.92. The van der Waals surface area contributed by atoms with Gasteiger partial charge in [0.2, 0.25) is 5.91 Å². The first kappa shape index (κ1) is 15.9.